The molecule has 4 aliphatic rings. The highest BCUT2D eigenvalue weighted by Gasteiger charge is 2.61. The minimum atomic E-state index is -0.732. The first-order chi connectivity index (χ1) is 17.7. The molecule has 10 nitrogen and oxygen atoms in total. The molecule has 2 heterocycles. The molecule has 190 valence electrons. The Morgan fingerprint density at radius 1 is 0.973 bits per heavy atom. The van der Waals surface area contributed by atoms with Crippen LogP contribution >= 0.6 is 0 Å². The van der Waals surface area contributed by atoms with Gasteiger partial charge < -0.3 is 9.64 Å². The number of hydrogen-bond donors (Lipinski definition) is 0. The maximum absolute atomic E-state index is 13.0. The third-order valence-electron chi connectivity index (χ3n) is 8.40. The van der Waals surface area contributed by atoms with Gasteiger partial charge in [0.05, 0.1) is 34.1 Å². The molecule has 2 saturated carbocycles. The van der Waals surface area contributed by atoms with Gasteiger partial charge in [0.25, 0.3) is 5.69 Å². The van der Waals surface area contributed by atoms with Gasteiger partial charge in [0, 0.05) is 24.6 Å². The Morgan fingerprint density at radius 3 is 2.22 bits per heavy atom. The van der Waals surface area contributed by atoms with E-state index in [9.17, 15) is 29.3 Å². The average Bonchev–Trinajstić information content (AvgIpc) is 3.64. The second-order valence-electron chi connectivity index (χ2n) is 10.4. The fourth-order valence-electron chi connectivity index (χ4n) is 6.60. The molecule has 2 aliphatic carbocycles. The van der Waals surface area contributed by atoms with Crippen LogP contribution in [0.15, 0.2) is 42.5 Å². The van der Waals surface area contributed by atoms with Gasteiger partial charge in [-0.3, -0.25) is 34.2 Å². The molecule has 0 aromatic heterocycles. The number of nitrogens with zero attached hydrogens (tertiary/aromatic N) is 3. The van der Waals surface area contributed by atoms with Crippen molar-refractivity contribution >= 4 is 40.8 Å². The standard InChI is InChI=1S/C27H25N3O7/c1-14-2-5-19(12-21(14)30(35)36)28-13-17(11-22(28)31)27(34)37-20-8-6-18(7-9-20)29-25(32)23-15-3-4-16(10-15)24(23)26(29)33/h2,5-9,12,15-17,23-24H,3-4,10-11,13H2,1H3/t15-,16-,17-,23-,24+/m0/s1. The molecule has 2 saturated heterocycles. The lowest BCUT2D eigenvalue weighted by atomic mass is 9.81. The van der Waals surface area contributed by atoms with Crippen LogP contribution in [0.3, 0.4) is 0 Å². The summed E-state index contributed by atoms with van der Waals surface area (Å²) in [5.41, 5.74) is 1.21. The number of hydrogen-bond acceptors (Lipinski definition) is 7. The molecule has 10 heteroatoms. The van der Waals surface area contributed by atoms with Crippen LogP contribution in [0.1, 0.15) is 31.2 Å². The van der Waals surface area contributed by atoms with Crippen molar-refractivity contribution in [2.45, 2.75) is 32.6 Å². The molecule has 0 radical (unpaired) electrons. The van der Waals surface area contributed by atoms with Crippen molar-refractivity contribution in [2.75, 3.05) is 16.3 Å². The summed E-state index contributed by atoms with van der Waals surface area (Å²) in [6, 6.07) is 10.8. The lowest BCUT2D eigenvalue weighted by Gasteiger charge is -2.19. The Bertz CT molecular complexity index is 1330. The summed E-state index contributed by atoms with van der Waals surface area (Å²) in [5, 5.41) is 11.3. The van der Waals surface area contributed by atoms with Crippen LogP contribution in [-0.4, -0.2) is 35.2 Å². The van der Waals surface area contributed by atoms with Crippen molar-refractivity contribution in [3.63, 3.8) is 0 Å². The summed E-state index contributed by atoms with van der Waals surface area (Å²) in [4.78, 5) is 64.8. The van der Waals surface area contributed by atoms with E-state index < -0.39 is 16.8 Å². The molecule has 2 aliphatic heterocycles. The van der Waals surface area contributed by atoms with E-state index in [2.05, 4.69) is 0 Å². The molecule has 2 aromatic carbocycles. The minimum absolute atomic E-state index is 0.0534. The van der Waals surface area contributed by atoms with Gasteiger partial charge in [0.2, 0.25) is 17.7 Å². The number of rotatable bonds is 5. The monoisotopic (exact) mass is 503 g/mol. The Kier molecular flexibility index (Phi) is 5.36. The zero-order chi connectivity index (χ0) is 26.0. The highest BCUT2D eigenvalue weighted by Crippen LogP contribution is 2.56. The van der Waals surface area contributed by atoms with Crippen LogP contribution in [0.5, 0.6) is 5.75 Å². The first kappa shape index (κ1) is 23.3. The van der Waals surface area contributed by atoms with Crippen LogP contribution in [-0.2, 0) is 19.2 Å². The topological polar surface area (TPSA) is 127 Å². The number of imide groups is 1. The van der Waals surface area contributed by atoms with E-state index in [1.807, 2.05) is 0 Å². The highest BCUT2D eigenvalue weighted by atomic mass is 16.6. The minimum Gasteiger partial charge on any atom is -0.426 e. The summed E-state index contributed by atoms with van der Waals surface area (Å²) in [6.07, 6.45) is 2.92. The van der Waals surface area contributed by atoms with Gasteiger partial charge in [-0.2, -0.15) is 0 Å². The predicted octanol–water partition coefficient (Wildman–Crippen LogP) is 3.40. The Balaban J connectivity index is 1.12. The molecule has 0 N–H and O–H groups in total. The third-order valence-corrected chi connectivity index (χ3v) is 8.40. The SMILES string of the molecule is Cc1ccc(N2C[C@@H](C(=O)Oc3ccc(N4C(=O)[C@@H]5[C@H]6CC[C@@H](C6)[C@@H]5C4=O)cc3)CC2=O)cc1[N+](=O)[O-]. The van der Waals surface area contributed by atoms with Gasteiger partial charge in [0.15, 0.2) is 0 Å². The summed E-state index contributed by atoms with van der Waals surface area (Å²) in [6.45, 7) is 1.67. The van der Waals surface area contributed by atoms with Gasteiger partial charge in [-0.25, -0.2) is 0 Å². The second-order valence-corrected chi connectivity index (χ2v) is 10.4. The molecular formula is C27H25N3O7. The highest BCUT2D eigenvalue weighted by molar-refractivity contribution is 6.22. The summed E-state index contributed by atoms with van der Waals surface area (Å²) in [5.74, 6) is -1.48. The maximum Gasteiger partial charge on any atom is 0.316 e. The normalized spacial score (nSPS) is 28.2. The lowest BCUT2D eigenvalue weighted by Crippen LogP contribution is -2.32. The summed E-state index contributed by atoms with van der Waals surface area (Å²) < 4.78 is 5.49. The molecule has 6 rings (SSSR count). The molecular weight excluding hydrogens is 478 g/mol. The van der Waals surface area contributed by atoms with Crippen molar-refractivity contribution in [3.05, 3.63) is 58.1 Å². The fraction of sp³-hybridized carbons (Fsp3) is 0.407. The molecule has 5 atom stereocenters. The molecule has 0 spiro atoms. The number of carbonyl (C=O) groups is 4. The van der Waals surface area contributed by atoms with Crippen LogP contribution in [0, 0.1) is 46.6 Å². The number of benzene rings is 2. The number of anilines is 2. The van der Waals surface area contributed by atoms with E-state index in [0.29, 0.717) is 28.8 Å². The van der Waals surface area contributed by atoms with Crippen molar-refractivity contribution < 1.29 is 28.8 Å². The third kappa shape index (κ3) is 3.70. The van der Waals surface area contributed by atoms with E-state index in [0.717, 1.165) is 19.3 Å². The number of nitro groups is 1. The van der Waals surface area contributed by atoms with Crippen LogP contribution in [0.25, 0.3) is 0 Å². The summed E-state index contributed by atoms with van der Waals surface area (Å²) >= 11 is 0. The number of fused-ring (bicyclic) bond motifs is 5. The van der Waals surface area contributed by atoms with Crippen molar-refractivity contribution in [1.29, 1.82) is 0 Å². The zero-order valence-electron chi connectivity index (χ0n) is 20.2. The molecule has 2 aromatic rings. The number of amides is 3. The van der Waals surface area contributed by atoms with E-state index in [4.69, 9.17) is 4.74 Å². The maximum atomic E-state index is 13.0. The van der Waals surface area contributed by atoms with E-state index in [1.165, 1.54) is 28.0 Å². The molecule has 2 bridgehead atoms. The first-order valence-electron chi connectivity index (χ1n) is 12.5. The molecule has 0 unspecified atom stereocenters. The van der Waals surface area contributed by atoms with Gasteiger partial charge in [-0.1, -0.05) is 6.07 Å². The van der Waals surface area contributed by atoms with Crippen LogP contribution in [0.4, 0.5) is 17.1 Å². The van der Waals surface area contributed by atoms with Crippen molar-refractivity contribution in [3.8, 4) is 5.75 Å². The van der Waals surface area contributed by atoms with Gasteiger partial charge in [0.1, 0.15) is 5.75 Å². The largest absolute Gasteiger partial charge is 0.426 e. The number of esters is 1. The summed E-state index contributed by atoms with van der Waals surface area (Å²) in [7, 11) is 0. The van der Waals surface area contributed by atoms with Crippen LogP contribution < -0.4 is 14.5 Å². The van der Waals surface area contributed by atoms with Crippen LogP contribution in [0.2, 0.25) is 0 Å². The van der Waals surface area contributed by atoms with E-state index in [1.54, 1.807) is 31.2 Å². The second kappa shape index (κ2) is 8.50. The quantitative estimate of drug-likeness (QED) is 0.201. The smallest absolute Gasteiger partial charge is 0.316 e. The number of carbonyl (C=O) groups excluding carboxylic acids is 4. The number of aryl methyl sites for hydroxylation is 1. The Hall–Kier alpha value is -4.08. The predicted molar refractivity (Wildman–Crippen MR) is 131 cm³/mol. The van der Waals surface area contributed by atoms with Gasteiger partial charge >= 0.3 is 5.97 Å². The molecule has 3 amide bonds. The lowest BCUT2D eigenvalue weighted by molar-refractivity contribution is -0.385. The van der Waals surface area contributed by atoms with Gasteiger partial charge in [-0.15, -0.1) is 0 Å². The molecule has 4 fully saturated rings. The zero-order valence-corrected chi connectivity index (χ0v) is 20.2. The number of ether oxygens (including phenoxy) is 1. The van der Waals surface area contributed by atoms with Crippen molar-refractivity contribution in [2.24, 2.45) is 29.6 Å². The molecule has 37 heavy (non-hydrogen) atoms. The van der Waals surface area contributed by atoms with E-state index >= 15 is 0 Å². The van der Waals surface area contributed by atoms with Gasteiger partial charge in [-0.05, 0) is 68.4 Å². The Morgan fingerprint density at radius 2 is 1.59 bits per heavy atom. The van der Waals surface area contributed by atoms with E-state index in [-0.39, 0.29) is 54.0 Å². The fourth-order valence-corrected chi connectivity index (χ4v) is 6.60. The first-order valence-corrected chi connectivity index (χ1v) is 12.5. The average molecular weight is 504 g/mol. The Labute approximate surface area is 212 Å². The van der Waals surface area contributed by atoms with Crippen molar-refractivity contribution in [1.82, 2.24) is 0 Å². The number of nitro benzene ring substituents is 1.